The number of nitrogens with two attached hydrogens (primary N) is 1. The smallest absolute Gasteiger partial charge is 0.0729 e. The SMILES string of the molecule is Cc1ccc2cc(C(N)c3ncccc3C)ccc2n1. The van der Waals surface area contributed by atoms with Crippen LogP contribution in [0, 0.1) is 13.8 Å². The van der Waals surface area contributed by atoms with Crippen LogP contribution in [0.2, 0.25) is 0 Å². The van der Waals surface area contributed by atoms with Crippen molar-refractivity contribution in [3.63, 3.8) is 0 Å². The number of fused-ring (bicyclic) bond motifs is 1. The predicted octanol–water partition coefficient (Wildman–Crippen LogP) is 3.29. The zero-order valence-corrected chi connectivity index (χ0v) is 11.7. The Kier molecular flexibility index (Phi) is 3.20. The number of hydrogen-bond acceptors (Lipinski definition) is 3. The fourth-order valence-corrected chi connectivity index (χ4v) is 2.42. The Labute approximate surface area is 118 Å². The van der Waals surface area contributed by atoms with Gasteiger partial charge in [0, 0.05) is 17.3 Å². The number of nitrogens with zero attached hydrogens (tertiary/aromatic N) is 2. The highest BCUT2D eigenvalue weighted by Crippen LogP contribution is 2.23. The molecule has 100 valence electrons. The molecule has 0 saturated carbocycles. The topological polar surface area (TPSA) is 51.8 Å². The lowest BCUT2D eigenvalue weighted by Gasteiger charge is -2.14. The molecule has 2 heterocycles. The van der Waals surface area contributed by atoms with Crippen LogP contribution >= 0.6 is 0 Å². The van der Waals surface area contributed by atoms with Crippen molar-refractivity contribution in [3.8, 4) is 0 Å². The molecule has 3 rings (SSSR count). The fraction of sp³-hybridized carbons (Fsp3) is 0.176. The van der Waals surface area contributed by atoms with Crippen molar-refractivity contribution >= 4 is 10.9 Å². The van der Waals surface area contributed by atoms with E-state index in [1.807, 2.05) is 44.2 Å². The molecular weight excluding hydrogens is 246 g/mol. The van der Waals surface area contributed by atoms with Crippen LogP contribution in [0.4, 0.5) is 0 Å². The molecule has 0 aliphatic heterocycles. The Morgan fingerprint density at radius 3 is 2.70 bits per heavy atom. The molecule has 3 nitrogen and oxygen atoms in total. The molecule has 1 atom stereocenters. The van der Waals surface area contributed by atoms with E-state index in [1.54, 1.807) is 6.20 Å². The average molecular weight is 263 g/mol. The fourth-order valence-electron chi connectivity index (χ4n) is 2.42. The predicted molar refractivity (Wildman–Crippen MR) is 81.5 cm³/mol. The van der Waals surface area contributed by atoms with Gasteiger partial charge in [-0.1, -0.05) is 18.2 Å². The van der Waals surface area contributed by atoms with Crippen LogP contribution in [0.25, 0.3) is 10.9 Å². The third-order valence-electron chi connectivity index (χ3n) is 3.56. The first-order valence-corrected chi connectivity index (χ1v) is 6.69. The Morgan fingerprint density at radius 2 is 1.90 bits per heavy atom. The van der Waals surface area contributed by atoms with E-state index in [1.165, 1.54) is 0 Å². The van der Waals surface area contributed by atoms with Crippen molar-refractivity contribution < 1.29 is 0 Å². The Hall–Kier alpha value is -2.26. The van der Waals surface area contributed by atoms with Crippen LogP contribution in [0.3, 0.4) is 0 Å². The van der Waals surface area contributed by atoms with Gasteiger partial charge in [0.2, 0.25) is 0 Å². The minimum absolute atomic E-state index is 0.207. The van der Waals surface area contributed by atoms with Crippen molar-refractivity contribution in [2.45, 2.75) is 19.9 Å². The maximum atomic E-state index is 6.36. The Morgan fingerprint density at radius 1 is 1.05 bits per heavy atom. The van der Waals surface area contributed by atoms with Gasteiger partial charge in [0.05, 0.1) is 17.3 Å². The zero-order chi connectivity index (χ0) is 14.1. The zero-order valence-electron chi connectivity index (χ0n) is 11.7. The first-order chi connectivity index (χ1) is 9.65. The summed E-state index contributed by atoms with van der Waals surface area (Å²) in [5.41, 5.74) is 11.5. The van der Waals surface area contributed by atoms with E-state index in [9.17, 15) is 0 Å². The molecule has 3 heteroatoms. The molecule has 0 aliphatic rings. The molecule has 2 aromatic heterocycles. The van der Waals surface area contributed by atoms with E-state index in [4.69, 9.17) is 5.73 Å². The number of rotatable bonds is 2. The molecule has 1 unspecified atom stereocenters. The molecule has 0 radical (unpaired) electrons. The summed E-state index contributed by atoms with van der Waals surface area (Å²) in [6.07, 6.45) is 1.79. The van der Waals surface area contributed by atoms with Crippen molar-refractivity contribution in [2.75, 3.05) is 0 Å². The summed E-state index contributed by atoms with van der Waals surface area (Å²) >= 11 is 0. The van der Waals surface area contributed by atoms with Crippen molar-refractivity contribution in [1.29, 1.82) is 0 Å². The lowest BCUT2D eigenvalue weighted by atomic mass is 9.99. The summed E-state index contributed by atoms with van der Waals surface area (Å²) in [7, 11) is 0. The van der Waals surface area contributed by atoms with Gasteiger partial charge in [-0.25, -0.2) is 0 Å². The average Bonchev–Trinajstić information content (AvgIpc) is 2.46. The highest BCUT2D eigenvalue weighted by molar-refractivity contribution is 5.79. The van der Waals surface area contributed by atoms with E-state index >= 15 is 0 Å². The van der Waals surface area contributed by atoms with Gasteiger partial charge in [-0.05, 0) is 49.2 Å². The summed E-state index contributed by atoms with van der Waals surface area (Å²) in [6, 6.07) is 14.0. The summed E-state index contributed by atoms with van der Waals surface area (Å²) in [5.74, 6) is 0. The molecule has 3 aromatic rings. The van der Waals surface area contributed by atoms with E-state index in [0.717, 1.165) is 33.4 Å². The summed E-state index contributed by atoms with van der Waals surface area (Å²) in [4.78, 5) is 8.92. The van der Waals surface area contributed by atoms with Crippen LogP contribution in [0.5, 0.6) is 0 Å². The van der Waals surface area contributed by atoms with Crippen LogP contribution in [0.1, 0.15) is 28.6 Å². The highest BCUT2D eigenvalue weighted by Gasteiger charge is 2.13. The molecule has 0 amide bonds. The molecule has 0 aliphatic carbocycles. The van der Waals surface area contributed by atoms with Gasteiger partial charge in [0.25, 0.3) is 0 Å². The molecule has 0 fully saturated rings. The normalized spacial score (nSPS) is 12.6. The number of aryl methyl sites for hydroxylation is 2. The van der Waals surface area contributed by atoms with Crippen molar-refractivity contribution in [3.05, 3.63) is 71.2 Å². The van der Waals surface area contributed by atoms with Crippen molar-refractivity contribution in [2.24, 2.45) is 5.73 Å². The number of hydrogen-bond donors (Lipinski definition) is 1. The molecule has 1 aromatic carbocycles. The molecule has 0 spiro atoms. The molecular formula is C17H17N3. The quantitative estimate of drug-likeness (QED) is 0.771. The summed E-state index contributed by atoms with van der Waals surface area (Å²) < 4.78 is 0. The number of aromatic nitrogens is 2. The molecule has 0 bridgehead atoms. The van der Waals surface area contributed by atoms with Crippen LogP contribution in [0.15, 0.2) is 48.7 Å². The third-order valence-corrected chi connectivity index (χ3v) is 3.56. The standard InChI is InChI=1S/C17H17N3/c1-11-4-3-9-19-17(11)16(18)14-7-8-15-13(10-14)6-5-12(2)20-15/h3-10,16H,18H2,1-2H3. The first kappa shape index (κ1) is 12.8. The third kappa shape index (κ3) is 2.28. The number of benzene rings is 1. The molecule has 2 N–H and O–H groups in total. The second-order valence-corrected chi connectivity index (χ2v) is 5.09. The van der Waals surface area contributed by atoms with Crippen LogP contribution < -0.4 is 5.73 Å². The maximum Gasteiger partial charge on any atom is 0.0729 e. The lowest BCUT2D eigenvalue weighted by Crippen LogP contribution is -2.14. The summed E-state index contributed by atoms with van der Waals surface area (Å²) in [5, 5.41) is 1.11. The van der Waals surface area contributed by atoms with Gasteiger partial charge in [-0.2, -0.15) is 0 Å². The largest absolute Gasteiger partial charge is 0.319 e. The van der Waals surface area contributed by atoms with Gasteiger partial charge in [-0.3, -0.25) is 9.97 Å². The van der Waals surface area contributed by atoms with Gasteiger partial charge in [0.15, 0.2) is 0 Å². The Bertz CT molecular complexity index is 765. The van der Waals surface area contributed by atoms with Crippen LogP contribution in [-0.2, 0) is 0 Å². The Balaban J connectivity index is 2.06. The van der Waals surface area contributed by atoms with Gasteiger partial charge < -0.3 is 5.73 Å². The minimum Gasteiger partial charge on any atom is -0.319 e. The molecule has 20 heavy (non-hydrogen) atoms. The minimum atomic E-state index is -0.207. The van der Waals surface area contributed by atoms with E-state index in [0.29, 0.717) is 0 Å². The number of pyridine rings is 2. The van der Waals surface area contributed by atoms with Gasteiger partial charge >= 0.3 is 0 Å². The van der Waals surface area contributed by atoms with E-state index in [-0.39, 0.29) is 6.04 Å². The second kappa shape index (κ2) is 5.02. The monoisotopic (exact) mass is 263 g/mol. The highest BCUT2D eigenvalue weighted by atomic mass is 14.8. The van der Waals surface area contributed by atoms with Crippen LogP contribution in [-0.4, -0.2) is 9.97 Å². The first-order valence-electron chi connectivity index (χ1n) is 6.69. The maximum absolute atomic E-state index is 6.36. The lowest BCUT2D eigenvalue weighted by molar-refractivity contribution is 0.819. The second-order valence-electron chi connectivity index (χ2n) is 5.09. The van der Waals surface area contributed by atoms with Gasteiger partial charge in [-0.15, -0.1) is 0 Å². The van der Waals surface area contributed by atoms with Gasteiger partial charge in [0.1, 0.15) is 0 Å². The van der Waals surface area contributed by atoms with E-state index < -0.39 is 0 Å². The summed E-state index contributed by atoms with van der Waals surface area (Å²) in [6.45, 7) is 4.03. The molecule has 0 saturated heterocycles. The van der Waals surface area contributed by atoms with Crippen molar-refractivity contribution in [1.82, 2.24) is 9.97 Å². The van der Waals surface area contributed by atoms with E-state index in [2.05, 4.69) is 22.1 Å².